The maximum absolute atomic E-state index is 13.7. The van der Waals surface area contributed by atoms with E-state index in [4.69, 9.17) is 19.3 Å². The average Bonchev–Trinajstić information content (AvgIpc) is 3.34. The number of amides is 1. The van der Waals surface area contributed by atoms with Gasteiger partial charge in [-0.3, -0.25) is 14.5 Å². The zero-order chi connectivity index (χ0) is 26.5. The van der Waals surface area contributed by atoms with E-state index in [2.05, 4.69) is 36.9 Å². The molecule has 2 aromatic rings. The van der Waals surface area contributed by atoms with Gasteiger partial charge in [-0.25, -0.2) is 5.01 Å². The van der Waals surface area contributed by atoms with E-state index in [0.29, 0.717) is 50.5 Å². The van der Waals surface area contributed by atoms with Crippen molar-refractivity contribution in [2.24, 2.45) is 11.0 Å². The summed E-state index contributed by atoms with van der Waals surface area (Å²) < 4.78 is 16.3. The number of carbonyl (C=O) groups is 2. The predicted octanol–water partition coefficient (Wildman–Crippen LogP) is 4.27. The van der Waals surface area contributed by atoms with E-state index < -0.39 is 0 Å². The summed E-state index contributed by atoms with van der Waals surface area (Å²) in [5.41, 5.74) is 5.10. The number of benzene rings is 2. The van der Waals surface area contributed by atoms with Crippen LogP contribution in [0.4, 0.5) is 0 Å². The molecule has 198 valence electrons. The van der Waals surface area contributed by atoms with Crippen LogP contribution >= 0.6 is 0 Å². The van der Waals surface area contributed by atoms with E-state index in [0.717, 1.165) is 22.4 Å². The summed E-state index contributed by atoms with van der Waals surface area (Å²) in [7, 11) is 3.26. The fourth-order valence-corrected chi connectivity index (χ4v) is 5.23. The van der Waals surface area contributed by atoms with E-state index in [-0.39, 0.29) is 30.4 Å². The molecule has 1 atom stereocenters. The van der Waals surface area contributed by atoms with Crippen molar-refractivity contribution in [2.75, 3.05) is 40.5 Å². The quantitative estimate of drug-likeness (QED) is 0.497. The SMILES string of the molecule is CCOC(=O)C1CCN(CC(=O)N2N=C(c3ccc(C)cc3C)CC2c2cc(OC)ccc2OC)CC1. The molecule has 0 bridgehead atoms. The largest absolute Gasteiger partial charge is 0.497 e. The fourth-order valence-electron chi connectivity index (χ4n) is 5.23. The number of nitrogens with zero attached hydrogens (tertiary/aromatic N) is 3. The number of methoxy groups -OCH3 is 2. The third-order valence-electron chi connectivity index (χ3n) is 7.22. The molecule has 8 heteroatoms. The minimum atomic E-state index is -0.315. The van der Waals surface area contributed by atoms with Gasteiger partial charge in [0.25, 0.3) is 5.91 Å². The molecular weight excluding hydrogens is 470 g/mol. The van der Waals surface area contributed by atoms with Crippen LogP contribution < -0.4 is 9.47 Å². The molecule has 0 spiro atoms. The molecule has 0 saturated carbocycles. The third kappa shape index (κ3) is 5.96. The second-order valence-corrected chi connectivity index (χ2v) is 9.73. The van der Waals surface area contributed by atoms with Crippen LogP contribution in [-0.4, -0.2) is 68.0 Å². The van der Waals surface area contributed by atoms with Crippen molar-refractivity contribution >= 4 is 17.6 Å². The lowest BCUT2D eigenvalue weighted by Gasteiger charge is -2.32. The number of hydrazone groups is 1. The molecule has 4 rings (SSSR count). The number of aryl methyl sites for hydroxylation is 2. The molecule has 2 aliphatic rings. The Morgan fingerprint density at radius 1 is 1.03 bits per heavy atom. The minimum absolute atomic E-state index is 0.0794. The summed E-state index contributed by atoms with van der Waals surface area (Å²) >= 11 is 0. The standard InChI is InChI=1S/C29H37N3O5/c1-6-37-29(34)21-11-13-31(14-12-21)18-28(33)32-26(24-16-22(35-4)8-10-27(24)36-5)17-25(30-32)23-9-7-19(2)15-20(23)3/h7-10,15-16,21,26H,6,11-14,17-18H2,1-5H3. The number of hydrogen-bond acceptors (Lipinski definition) is 7. The first kappa shape index (κ1) is 26.7. The van der Waals surface area contributed by atoms with Gasteiger partial charge in [0, 0.05) is 17.5 Å². The summed E-state index contributed by atoms with van der Waals surface area (Å²) in [6, 6.07) is 11.6. The molecule has 1 saturated heterocycles. The van der Waals surface area contributed by atoms with Crippen molar-refractivity contribution < 1.29 is 23.8 Å². The van der Waals surface area contributed by atoms with Crippen molar-refractivity contribution in [1.29, 1.82) is 0 Å². The molecule has 2 heterocycles. The van der Waals surface area contributed by atoms with Gasteiger partial charge in [0.15, 0.2) is 0 Å². The summed E-state index contributed by atoms with van der Waals surface area (Å²) in [6.45, 7) is 7.93. The van der Waals surface area contributed by atoms with Crippen molar-refractivity contribution in [3.63, 3.8) is 0 Å². The number of piperidine rings is 1. The second-order valence-electron chi connectivity index (χ2n) is 9.73. The topological polar surface area (TPSA) is 80.7 Å². The molecule has 37 heavy (non-hydrogen) atoms. The van der Waals surface area contributed by atoms with Crippen molar-refractivity contribution in [1.82, 2.24) is 9.91 Å². The van der Waals surface area contributed by atoms with Gasteiger partial charge in [-0.15, -0.1) is 0 Å². The van der Waals surface area contributed by atoms with Crippen LogP contribution in [0.5, 0.6) is 11.5 Å². The van der Waals surface area contributed by atoms with Crippen LogP contribution in [0.1, 0.15) is 54.5 Å². The van der Waals surface area contributed by atoms with Gasteiger partial charge in [0.05, 0.1) is 45.0 Å². The Morgan fingerprint density at radius 2 is 1.78 bits per heavy atom. The lowest BCUT2D eigenvalue weighted by Crippen LogP contribution is -2.43. The summed E-state index contributed by atoms with van der Waals surface area (Å²) in [5, 5.41) is 6.49. The lowest BCUT2D eigenvalue weighted by molar-refractivity contribution is -0.149. The van der Waals surface area contributed by atoms with Gasteiger partial charge in [-0.05, 0) is 70.5 Å². The Balaban J connectivity index is 1.59. The number of likely N-dealkylation sites (tertiary alicyclic amines) is 1. The molecule has 1 amide bonds. The first-order valence-electron chi connectivity index (χ1n) is 12.9. The smallest absolute Gasteiger partial charge is 0.309 e. The Bertz CT molecular complexity index is 1170. The van der Waals surface area contributed by atoms with Crippen LogP contribution in [-0.2, 0) is 14.3 Å². The zero-order valence-electron chi connectivity index (χ0n) is 22.5. The number of rotatable bonds is 8. The second kappa shape index (κ2) is 11.8. The Morgan fingerprint density at radius 3 is 2.43 bits per heavy atom. The van der Waals surface area contributed by atoms with Crippen LogP contribution in [0.2, 0.25) is 0 Å². The molecule has 0 aromatic heterocycles. The molecule has 1 fully saturated rings. The maximum Gasteiger partial charge on any atom is 0.309 e. The van der Waals surface area contributed by atoms with E-state index in [1.165, 1.54) is 5.56 Å². The Hall–Kier alpha value is -3.39. The number of carbonyl (C=O) groups excluding carboxylic acids is 2. The highest BCUT2D eigenvalue weighted by molar-refractivity contribution is 6.04. The Labute approximate surface area is 219 Å². The van der Waals surface area contributed by atoms with Crippen LogP contribution in [0.25, 0.3) is 0 Å². The molecule has 8 nitrogen and oxygen atoms in total. The van der Waals surface area contributed by atoms with Gasteiger partial charge < -0.3 is 14.2 Å². The molecular formula is C29H37N3O5. The molecule has 0 aliphatic carbocycles. The monoisotopic (exact) mass is 507 g/mol. The predicted molar refractivity (Wildman–Crippen MR) is 142 cm³/mol. The summed E-state index contributed by atoms with van der Waals surface area (Å²) in [6.07, 6.45) is 1.96. The minimum Gasteiger partial charge on any atom is -0.497 e. The fraction of sp³-hybridized carbons (Fsp3) is 0.483. The highest BCUT2D eigenvalue weighted by Crippen LogP contribution is 2.40. The molecule has 0 N–H and O–H groups in total. The summed E-state index contributed by atoms with van der Waals surface area (Å²) in [4.78, 5) is 27.9. The highest BCUT2D eigenvalue weighted by Gasteiger charge is 2.37. The van der Waals surface area contributed by atoms with Crippen LogP contribution in [0.15, 0.2) is 41.5 Å². The van der Waals surface area contributed by atoms with E-state index in [1.807, 2.05) is 25.1 Å². The average molecular weight is 508 g/mol. The van der Waals surface area contributed by atoms with Gasteiger partial charge >= 0.3 is 5.97 Å². The van der Waals surface area contributed by atoms with Crippen molar-refractivity contribution in [2.45, 2.75) is 46.1 Å². The van der Waals surface area contributed by atoms with Gasteiger partial charge in [0.2, 0.25) is 0 Å². The first-order valence-corrected chi connectivity index (χ1v) is 12.9. The molecule has 0 radical (unpaired) electrons. The number of ether oxygens (including phenoxy) is 3. The van der Waals surface area contributed by atoms with Crippen LogP contribution in [0.3, 0.4) is 0 Å². The van der Waals surface area contributed by atoms with Crippen molar-refractivity contribution in [3.05, 3.63) is 58.7 Å². The van der Waals surface area contributed by atoms with E-state index >= 15 is 0 Å². The molecule has 1 unspecified atom stereocenters. The van der Waals surface area contributed by atoms with Gasteiger partial charge in [-0.1, -0.05) is 23.8 Å². The first-order chi connectivity index (χ1) is 17.8. The van der Waals surface area contributed by atoms with Crippen LogP contribution in [0, 0.1) is 19.8 Å². The highest BCUT2D eigenvalue weighted by atomic mass is 16.5. The van der Waals surface area contributed by atoms with Gasteiger partial charge in [0.1, 0.15) is 11.5 Å². The number of hydrogen-bond donors (Lipinski definition) is 0. The van der Waals surface area contributed by atoms with E-state index in [9.17, 15) is 9.59 Å². The lowest BCUT2D eigenvalue weighted by atomic mass is 9.94. The number of esters is 1. The zero-order valence-corrected chi connectivity index (χ0v) is 22.5. The molecule has 2 aromatic carbocycles. The maximum atomic E-state index is 13.7. The Kier molecular flexibility index (Phi) is 8.48. The normalized spacial score (nSPS) is 18.5. The third-order valence-corrected chi connectivity index (χ3v) is 7.22. The van der Waals surface area contributed by atoms with Gasteiger partial charge in [-0.2, -0.15) is 5.10 Å². The summed E-state index contributed by atoms with van der Waals surface area (Å²) in [5.74, 6) is 1.08. The van der Waals surface area contributed by atoms with E-state index in [1.54, 1.807) is 19.2 Å². The van der Waals surface area contributed by atoms with Crippen molar-refractivity contribution in [3.8, 4) is 11.5 Å². The molecule has 2 aliphatic heterocycles.